The molecule has 0 spiro atoms. The number of ether oxygens (including phenoxy) is 1. The number of hydrogen-bond acceptors (Lipinski definition) is 4. The van der Waals surface area contributed by atoms with Crippen LogP contribution in [0.15, 0.2) is 12.5 Å². The molecule has 1 atom stereocenters. The molecule has 120 valence electrons. The van der Waals surface area contributed by atoms with Gasteiger partial charge in [-0.3, -0.25) is 0 Å². The summed E-state index contributed by atoms with van der Waals surface area (Å²) in [6, 6.07) is 0.411. The van der Waals surface area contributed by atoms with Gasteiger partial charge in [0.2, 0.25) is 0 Å². The lowest BCUT2D eigenvalue weighted by atomic mass is 10.2. The molecule has 0 aliphatic heterocycles. The van der Waals surface area contributed by atoms with Gasteiger partial charge in [-0.2, -0.15) is 11.8 Å². The molecule has 0 bridgehead atoms. The van der Waals surface area contributed by atoms with Crippen molar-refractivity contribution in [2.75, 3.05) is 18.1 Å². The average Bonchev–Trinajstić information content (AvgIpc) is 2.82. The maximum absolute atomic E-state index is 11.6. The van der Waals surface area contributed by atoms with Gasteiger partial charge >= 0.3 is 6.09 Å². The molecule has 0 saturated carbocycles. The second-order valence-corrected chi connectivity index (χ2v) is 7.30. The van der Waals surface area contributed by atoms with Gasteiger partial charge in [-0.1, -0.05) is 6.92 Å². The molecule has 0 radical (unpaired) electrons. The first kappa shape index (κ1) is 17.9. The van der Waals surface area contributed by atoms with Crippen molar-refractivity contribution in [3.05, 3.63) is 18.2 Å². The quantitative estimate of drug-likeness (QED) is 0.839. The lowest BCUT2D eigenvalue weighted by molar-refractivity contribution is 0.0528. The van der Waals surface area contributed by atoms with Crippen LogP contribution in [0.2, 0.25) is 0 Å². The Kier molecular flexibility index (Phi) is 7.08. The minimum Gasteiger partial charge on any atom is -0.444 e. The fourth-order valence-electron chi connectivity index (χ4n) is 1.90. The molecule has 0 fully saturated rings. The van der Waals surface area contributed by atoms with Crippen LogP contribution in [0.4, 0.5) is 4.79 Å². The monoisotopic (exact) mass is 313 g/mol. The minimum atomic E-state index is -0.461. The number of hydrogen-bond donors (Lipinski definition) is 1. The molecule has 1 unspecified atom stereocenters. The fraction of sp³-hybridized carbons (Fsp3) is 0.733. The van der Waals surface area contributed by atoms with E-state index in [1.54, 1.807) is 0 Å². The largest absolute Gasteiger partial charge is 0.444 e. The van der Waals surface area contributed by atoms with Gasteiger partial charge in [0.25, 0.3) is 0 Å². The topological polar surface area (TPSA) is 56.2 Å². The van der Waals surface area contributed by atoms with E-state index in [0.29, 0.717) is 12.6 Å². The Morgan fingerprint density at radius 3 is 2.86 bits per heavy atom. The molecule has 21 heavy (non-hydrogen) atoms. The van der Waals surface area contributed by atoms with Crippen LogP contribution in [-0.2, 0) is 11.2 Å². The van der Waals surface area contributed by atoms with Gasteiger partial charge in [-0.25, -0.2) is 9.78 Å². The van der Waals surface area contributed by atoms with E-state index >= 15 is 0 Å². The normalized spacial score (nSPS) is 13.0. The van der Waals surface area contributed by atoms with E-state index in [2.05, 4.69) is 28.7 Å². The lowest BCUT2D eigenvalue weighted by Crippen LogP contribution is -2.33. The van der Waals surface area contributed by atoms with Crippen molar-refractivity contribution in [3.63, 3.8) is 0 Å². The third-order valence-corrected chi connectivity index (χ3v) is 3.96. The van der Waals surface area contributed by atoms with Gasteiger partial charge in [-0.15, -0.1) is 0 Å². The number of nitrogens with zero attached hydrogens (tertiary/aromatic N) is 2. The van der Waals surface area contributed by atoms with E-state index in [1.807, 2.05) is 45.1 Å². The second kappa shape index (κ2) is 8.32. The molecule has 1 N–H and O–H groups in total. The molecule has 1 amide bonds. The smallest absolute Gasteiger partial charge is 0.407 e. The first-order chi connectivity index (χ1) is 9.83. The summed E-state index contributed by atoms with van der Waals surface area (Å²) in [7, 11) is 0. The zero-order valence-electron chi connectivity index (χ0n) is 13.7. The van der Waals surface area contributed by atoms with Gasteiger partial charge in [0.1, 0.15) is 5.60 Å². The summed E-state index contributed by atoms with van der Waals surface area (Å²) in [5, 5.41) is 2.78. The van der Waals surface area contributed by atoms with Crippen molar-refractivity contribution in [3.8, 4) is 0 Å². The summed E-state index contributed by atoms with van der Waals surface area (Å²) in [6.45, 7) is 10.5. The Morgan fingerprint density at radius 2 is 2.24 bits per heavy atom. The maximum atomic E-state index is 11.6. The first-order valence-electron chi connectivity index (χ1n) is 7.38. The number of rotatable bonds is 7. The fourth-order valence-corrected chi connectivity index (χ4v) is 2.64. The van der Waals surface area contributed by atoms with Gasteiger partial charge < -0.3 is 14.6 Å². The lowest BCUT2D eigenvalue weighted by Gasteiger charge is -2.20. The molecule has 0 aliphatic carbocycles. The number of amides is 1. The van der Waals surface area contributed by atoms with Crippen LogP contribution in [0.3, 0.4) is 0 Å². The van der Waals surface area contributed by atoms with Crippen LogP contribution >= 0.6 is 11.8 Å². The van der Waals surface area contributed by atoms with E-state index in [1.165, 1.54) is 0 Å². The van der Waals surface area contributed by atoms with Crippen molar-refractivity contribution < 1.29 is 9.53 Å². The minimum absolute atomic E-state index is 0.372. The predicted molar refractivity (Wildman–Crippen MR) is 87.9 cm³/mol. The number of imidazole rings is 1. The van der Waals surface area contributed by atoms with Crippen molar-refractivity contribution in [1.82, 2.24) is 14.9 Å². The predicted octanol–water partition coefficient (Wildman–Crippen LogP) is 3.26. The van der Waals surface area contributed by atoms with Crippen LogP contribution in [0.5, 0.6) is 0 Å². The molecule has 1 heterocycles. The van der Waals surface area contributed by atoms with E-state index in [9.17, 15) is 4.79 Å². The molecule has 1 aromatic heterocycles. The van der Waals surface area contributed by atoms with E-state index in [4.69, 9.17) is 4.74 Å². The Balaban J connectivity index is 2.42. The van der Waals surface area contributed by atoms with Gasteiger partial charge in [0.15, 0.2) is 0 Å². The third-order valence-electron chi connectivity index (χ3n) is 2.83. The van der Waals surface area contributed by atoms with Gasteiger partial charge in [0, 0.05) is 36.7 Å². The van der Waals surface area contributed by atoms with E-state index in [0.717, 1.165) is 23.6 Å². The summed E-state index contributed by atoms with van der Waals surface area (Å²) in [6.07, 6.45) is 4.11. The molecular weight excluding hydrogens is 286 g/mol. The first-order valence-corrected chi connectivity index (χ1v) is 8.54. The van der Waals surface area contributed by atoms with E-state index < -0.39 is 5.60 Å². The highest BCUT2D eigenvalue weighted by atomic mass is 32.2. The van der Waals surface area contributed by atoms with Crippen molar-refractivity contribution in [2.45, 2.75) is 52.7 Å². The summed E-state index contributed by atoms with van der Waals surface area (Å²) in [5.41, 5.74) is 0.674. The highest BCUT2D eigenvalue weighted by Gasteiger charge is 2.16. The molecular formula is C15H27N3O2S. The van der Waals surface area contributed by atoms with Crippen LogP contribution in [-0.4, -0.2) is 39.3 Å². The molecule has 0 saturated heterocycles. The van der Waals surface area contributed by atoms with Crippen LogP contribution in [0, 0.1) is 0 Å². The SMILES string of the molecule is CCSCC(C)n1cncc1CCNC(=O)OC(C)(C)C. The number of carbonyl (C=O) groups is 1. The van der Waals surface area contributed by atoms with Crippen molar-refractivity contribution in [2.24, 2.45) is 0 Å². The van der Waals surface area contributed by atoms with Gasteiger partial charge in [0.05, 0.1) is 6.33 Å². The number of thioether (sulfide) groups is 1. The number of alkyl carbamates (subject to hydrolysis) is 1. The van der Waals surface area contributed by atoms with Gasteiger partial charge in [-0.05, 0) is 33.4 Å². The molecule has 5 nitrogen and oxygen atoms in total. The zero-order chi connectivity index (χ0) is 15.9. The Morgan fingerprint density at radius 1 is 1.52 bits per heavy atom. The standard InChI is InChI=1S/C15H27N3O2S/c1-6-21-10-12(2)18-11-16-9-13(18)7-8-17-14(19)20-15(3,4)5/h9,11-12H,6-8,10H2,1-5H3,(H,17,19). The summed E-state index contributed by atoms with van der Waals surface area (Å²) in [4.78, 5) is 15.8. The Bertz CT molecular complexity index is 440. The summed E-state index contributed by atoms with van der Waals surface area (Å²) >= 11 is 1.92. The Labute approximate surface area is 131 Å². The Hall–Kier alpha value is -1.17. The summed E-state index contributed by atoms with van der Waals surface area (Å²) < 4.78 is 7.39. The number of carbonyl (C=O) groups excluding carboxylic acids is 1. The molecule has 0 aliphatic rings. The summed E-state index contributed by atoms with van der Waals surface area (Å²) in [5.74, 6) is 2.19. The number of nitrogens with one attached hydrogen (secondary N) is 1. The van der Waals surface area contributed by atoms with Crippen LogP contribution < -0.4 is 5.32 Å². The molecule has 6 heteroatoms. The zero-order valence-corrected chi connectivity index (χ0v) is 14.5. The van der Waals surface area contributed by atoms with Crippen molar-refractivity contribution >= 4 is 17.9 Å². The molecule has 0 aromatic carbocycles. The molecule has 1 rings (SSSR count). The maximum Gasteiger partial charge on any atom is 0.407 e. The third kappa shape index (κ3) is 6.89. The highest BCUT2D eigenvalue weighted by Crippen LogP contribution is 2.16. The highest BCUT2D eigenvalue weighted by molar-refractivity contribution is 7.99. The van der Waals surface area contributed by atoms with Crippen LogP contribution in [0.25, 0.3) is 0 Å². The van der Waals surface area contributed by atoms with E-state index in [-0.39, 0.29) is 6.09 Å². The average molecular weight is 313 g/mol. The van der Waals surface area contributed by atoms with Crippen molar-refractivity contribution in [1.29, 1.82) is 0 Å². The molecule has 1 aromatic rings. The van der Waals surface area contributed by atoms with Crippen LogP contribution in [0.1, 0.15) is 46.4 Å². The second-order valence-electron chi connectivity index (χ2n) is 5.98. The number of aromatic nitrogens is 2.